The van der Waals surface area contributed by atoms with E-state index in [2.05, 4.69) is 25.4 Å². The molecule has 0 radical (unpaired) electrons. The molecule has 0 fully saturated rings. The van der Waals surface area contributed by atoms with Gasteiger partial charge >= 0.3 is 0 Å². The Bertz CT molecular complexity index is 312. The summed E-state index contributed by atoms with van der Waals surface area (Å²) in [4.78, 5) is 7.71. The van der Waals surface area contributed by atoms with E-state index < -0.39 is 13.0 Å². The number of anilines is 2. The smallest absolute Gasteiger partial charge is 0.261 e. The lowest BCUT2D eigenvalue weighted by atomic mass is 10.5. The number of nitrogen functional groups attached to an aromatic ring is 1. The van der Waals surface area contributed by atoms with Crippen LogP contribution in [0.1, 0.15) is 0 Å². The van der Waals surface area contributed by atoms with Crippen molar-refractivity contribution in [2.75, 3.05) is 30.5 Å². The van der Waals surface area contributed by atoms with E-state index in [0.717, 1.165) is 0 Å². The summed E-state index contributed by atoms with van der Waals surface area (Å²) in [5.41, 5.74) is 2.36. The first-order valence-corrected chi connectivity index (χ1v) is 4.61. The second-order valence-electron chi connectivity index (χ2n) is 2.83. The molecule has 16 heavy (non-hydrogen) atoms. The van der Waals surface area contributed by atoms with Crippen LogP contribution in [0, 0.1) is 0 Å². The molecule has 90 valence electrons. The quantitative estimate of drug-likeness (QED) is 0.360. The number of aromatic nitrogens is 2. The third kappa shape index (κ3) is 4.80. The van der Waals surface area contributed by atoms with Crippen molar-refractivity contribution < 1.29 is 13.5 Å². The van der Waals surface area contributed by atoms with Crippen molar-refractivity contribution in [2.45, 2.75) is 6.43 Å². The van der Waals surface area contributed by atoms with Crippen LogP contribution in [-0.4, -0.2) is 36.2 Å². The number of alkyl halides is 2. The average molecular weight is 233 g/mol. The van der Waals surface area contributed by atoms with Crippen molar-refractivity contribution in [3.8, 4) is 0 Å². The third-order valence-corrected chi connectivity index (χ3v) is 1.61. The van der Waals surface area contributed by atoms with Crippen LogP contribution in [-0.2, 0) is 4.74 Å². The number of rotatable bonds is 7. The number of nitrogens with two attached hydrogens (primary N) is 1. The molecule has 8 heteroatoms. The van der Waals surface area contributed by atoms with E-state index in [1.807, 2.05) is 0 Å². The van der Waals surface area contributed by atoms with Gasteiger partial charge in [-0.3, -0.25) is 0 Å². The summed E-state index contributed by atoms with van der Waals surface area (Å²) < 4.78 is 28.1. The molecule has 0 aliphatic carbocycles. The summed E-state index contributed by atoms with van der Waals surface area (Å²) in [7, 11) is 0. The van der Waals surface area contributed by atoms with Gasteiger partial charge in [-0.15, -0.1) is 0 Å². The zero-order chi connectivity index (χ0) is 11.8. The number of nitrogens with zero attached hydrogens (tertiary/aromatic N) is 2. The van der Waals surface area contributed by atoms with E-state index in [4.69, 9.17) is 5.84 Å². The standard InChI is InChI=1S/C8H13F2N5O/c9-6(10)4-16-2-1-12-7-3-8(15-11)14-5-13-7/h3,5-6H,1-2,4,11H2,(H2,12,13,14,15). The summed E-state index contributed by atoms with van der Waals surface area (Å²) in [6.45, 7) is 0.00847. The van der Waals surface area contributed by atoms with Crippen molar-refractivity contribution in [2.24, 2.45) is 5.84 Å². The fraction of sp³-hybridized carbons (Fsp3) is 0.500. The number of halogens is 2. The van der Waals surface area contributed by atoms with Crippen LogP contribution in [0.5, 0.6) is 0 Å². The molecule has 1 aromatic heterocycles. The molecular weight excluding hydrogens is 220 g/mol. The Balaban J connectivity index is 2.21. The van der Waals surface area contributed by atoms with Gasteiger partial charge < -0.3 is 15.5 Å². The topological polar surface area (TPSA) is 85.1 Å². The van der Waals surface area contributed by atoms with E-state index >= 15 is 0 Å². The molecule has 1 heterocycles. The van der Waals surface area contributed by atoms with Crippen LogP contribution in [0.25, 0.3) is 0 Å². The van der Waals surface area contributed by atoms with Crippen molar-refractivity contribution in [3.05, 3.63) is 12.4 Å². The number of nitrogens with one attached hydrogen (secondary N) is 2. The minimum absolute atomic E-state index is 0.180. The Kier molecular flexibility index (Phi) is 5.37. The second-order valence-corrected chi connectivity index (χ2v) is 2.83. The van der Waals surface area contributed by atoms with E-state index in [0.29, 0.717) is 18.2 Å². The van der Waals surface area contributed by atoms with Crippen LogP contribution < -0.4 is 16.6 Å². The maximum absolute atomic E-state index is 11.7. The predicted molar refractivity (Wildman–Crippen MR) is 55.2 cm³/mol. The summed E-state index contributed by atoms with van der Waals surface area (Å²) in [5.74, 6) is 6.16. The van der Waals surface area contributed by atoms with Crippen molar-refractivity contribution in [3.63, 3.8) is 0 Å². The highest BCUT2D eigenvalue weighted by molar-refractivity contribution is 5.45. The lowest BCUT2D eigenvalue weighted by Crippen LogP contribution is -2.14. The first kappa shape index (κ1) is 12.5. The molecule has 0 bridgehead atoms. The molecular formula is C8H13F2N5O. The van der Waals surface area contributed by atoms with Gasteiger partial charge in [0.1, 0.15) is 24.6 Å². The molecule has 0 aliphatic rings. The number of ether oxygens (including phenoxy) is 1. The van der Waals surface area contributed by atoms with E-state index in [1.54, 1.807) is 6.07 Å². The van der Waals surface area contributed by atoms with Crippen LogP contribution in [0.4, 0.5) is 20.4 Å². The average Bonchev–Trinajstić information content (AvgIpc) is 2.28. The van der Waals surface area contributed by atoms with Gasteiger partial charge in [0.2, 0.25) is 0 Å². The van der Waals surface area contributed by atoms with E-state index in [1.165, 1.54) is 6.33 Å². The first-order chi connectivity index (χ1) is 7.72. The zero-order valence-corrected chi connectivity index (χ0v) is 8.49. The SMILES string of the molecule is NNc1cc(NCCOCC(F)F)ncn1. The third-order valence-electron chi connectivity index (χ3n) is 1.61. The van der Waals surface area contributed by atoms with Crippen LogP contribution >= 0.6 is 0 Å². The Morgan fingerprint density at radius 1 is 1.38 bits per heavy atom. The molecule has 0 aliphatic heterocycles. The molecule has 1 aromatic rings. The molecule has 0 atom stereocenters. The molecule has 0 unspecified atom stereocenters. The molecule has 6 nitrogen and oxygen atoms in total. The number of hydrogen-bond acceptors (Lipinski definition) is 6. The maximum atomic E-state index is 11.7. The zero-order valence-electron chi connectivity index (χ0n) is 8.49. The van der Waals surface area contributed by atoms with Gasteiger partial charge in [0.05, 0.1) is 6.61 Å². The van der Waals surface area contributed by atoms with Crippen LogP contribution in [0.2, 0.25) is 0 Å². The van der Waals surface area contributed by atoms with E-state index in [-0.39, 0.29) is 6.61 Å². The van der Waals surface area contributed by atoms with Crippen LogP contribution in [0.15, 0.2) is 12.4 Å². The summed E-state index contributed by atoms with van der Waals surface area (Å²) in [5, 5.41) is 2.88. The number of hydrogen-bond donors (Lipinski definition) is 3. The molecule has 4 N–H and O–H groups in total. The van der Waals surface area contributed by atoms with Gasteiger partial charge in [-0.25, -0.2) is 24.6 Å². The van der Waals surface area contributed by atoms with Crippen molar-refractivity contribution >= 4 is 11.6 Å². The van der Waals surface area contributed by atoms with Gasteiger partial charge in [-0.2, -0.15) is 0 Å². The Morgan fingerprint density at radius 2 is 2.12 bits per heavy atom. The highest BCUT2D eigenvalue weighted by Crippen LogP contribution is 2.06. The van der Waals surface area contributed by atoms with Crippen molar-refractivity contribution in [1.82, 2.24) is 9.97 Å². The highest BCUT2D eigenvalue weighted by Gasteiger charge is 2.01. The molecule has 0 saturated heterocycles. The predicted octanol–water partition coefficient (Wildman–Crippen LogP) is 0.456. The first-order valence-electron chi connectivity index (χ1n) is 4.61. The second kappa shape index (κ2) is 6.85. The van der Waals surface area contributed by atoms with Gasteiger partial charge in [0.25, 0.3) is 6.43 Å². The Labute approximate surface area is 91.2 Å². The minimum Gasteiger partial charge on any atom is -0.374 e. The van der Waals surface area contributed by atoms with Gasteiger partial charge in [0.15, 0.2) is 0 Å². The minimum atomic E-state index is -2.44. The highest BCUT2D eigenvalue weighted by atomic mass is 19.3. The normalized spacial score (nSPS) is 10.5. The lowest BCUT2D eigenvalue weighted by molar-refractivity contribution is 0.0215. The Morgan fingerprint density at radius 3 is 2.81 bits per heavy atom. The summed E-state index contributed by atoms with van der Waals surface area (Å²) in [6.07, 6.45) is -1.11. The molecule has 0 amide bonds. The fourth-order valence-electron chi connectivity index (χ4n) is 0.957. The molecule has 0 saturated carbocycles. The van der Waals surface area contributed by atoms with Crippen LogP contribution in [0.3, 0.4) is 0 Å². The largest absolute Gasteiger partial charge is 0.374 e. The van der Waals surface area contributed by atoms with E-state index in [9.17, 15) is 8.78 Å². The van der Waals surface area contributed by atoms with Gasteiger partial charge in [0, 0.05) is 12.6 Å². The Hall–Kier alpha value is -1.54. The molecule has 1 rings (SSSR count). The lowest BCUT2D eigenvalue weighted by Gasteiger charge is -2.07. The number of hydrazine groups is 1. The van der Waals surface area contributed by atoms with Crippen molar-refractivity contribution in [1.29, 1.82) is 0 Å². The maximum Gasteiger partial charge on any atom is 0.261 e. The summed E-state index contributed by atoms with van der Waals surface area (Å²) in [6, 6.07) is 1.59. The molecule has 0 spiro atoms. The fourth-order valence-corrected chi connectivity index (χ4v) is 0.957. The monoisotopic (exact) mass is 233 g/mol. The summed E-state index contributed by atoms with van der Waals surface area (Å²) >= 11 is 0. The van der Waals surface area contributed by atoms with Gasteiger partial charge in [-0.05, 0) is 0 Å². The van der Waals surface area contributed by atoms with Gasteiger partial charge in [-0.1, -0.05) is 0 Å². The molecule has 0 aromatic carbocycles.